The molecule has 2 atom stereocenters. The molecule has 2 N–H and O–H groups in total. The summed E-state index contributed by atoms with van der Waals surface area (Å²) < 4.78 is 0. The minimum absolute atomic E-state index is 0.476. The monoisotopic (exact) mass is 282 g/mol. The Kier molecular flexibility index (Phi) is 8.35. The van der Waals surface area contributed by atoms with Gasteiger partial charge in [0.1, 0.15) is 0 Å². The van der Waals surface area contributed by atoms with Gasteiger partial charge in [0.15, 0.2) is 0 Å². The molecule has 2 unspecified atom stereocenters. The van der Waals surface area contributed by atoms with Gasteiger partial charge in [0, 0.05) is 23.5 Å². The third-order valence-electron chi connectivity index (χ3n) is 4.05. The van der Waals surface area contributed by atoms with Crippen LogP contribution in [0.25, 0.3) is 0 Å². The molecule has 0 bridgehead atoms. The number of rotatable bonds is 10. The van der Waals surface area contributed by atoms with Crippen molar-refractivity contribution in [3.8, 4) is 0 Å². The Hall–Kier alpha value is -0.380. The first-order valence-electron chi connectivity index (χ1n) is 7.66. The maximum Gasteiger partial charge on any atom is 0.0413 e. The normalized spacial score (nSPS) is 14.8. The molecule has 0 aliphatic rings. The van der Waals surface area contributed by atoms with Crippen LogP contribution in [-0.4, -0.2) is 24.5 Å². The second-order valence-corrected chi connectivity index (χ2v) is 6.43. The van der Waals surface area contributed by atoms with Crippen molar-refractivity contribution in [3.63, 3.8) is 0 Å². The van der Waals surface area contributed by atoms with E-state index in [0.29, 0.717) is 12.1 Å². The van der Waals surface area contributed by atoms with Gasteiger partial charge in [0.25, 0.3) is 0 Å². The van der Waals surface area contributed by atoms with E-state index >= 15 is 0 Å². The predicted octanol–water partition coefficient (Wildman–Crippen LogP) is 4.43. The third-order valence-corrected chi connectivity index (χ3v) is 5.10. The standard InChI is InChI=1S/C16H30N2S/c1-4-5-6-7-8-10-15(13-17)18(3)14(2)16-11-9-12-19-16/h9,11-12,14-15H,4-8,10,13,17H2,1-3H3. The van der Waals surface area contributed by atoms with Crippen molar-refractivity contribution in [3.05, 3.63) is 22.4 Å². The first-order valence-corrected chi connectivity index (χ1v) is 8.54. The van der Waals surface area contributed by atoms with Gasteiger partial charge < -0.3 is 5.73 Å². The lowest BCUT2D eigenvalue weighted by molar-refractivity contribution is 0.179. The SMILES string of the molecule is CCCCCCCC(CN)N(C)C(C)c1cccs1. The third kappa shape index (κ3) is 5.64. The van der Waals surface area contributed by atoms with E-state index in [2.05, 4.69) is 43.3 Å². The molecular weight excluding hydrogens is 252 g/mol. The minimum atomic E-state index is 0.476. The second kappa shape index (κ2) is 9.51. The van der Waals surface area contributed by atoms with E-state index in [1.165, 1.54) is 43.4 Å². The predicted molar refractivity (Wildman–Crippen MR) is 86.7 cm³/mol. The van der Waals surface area contributed by atoms with Gasteiger partial charge in [-0.3, -0.25) is 4.90 Å². The van der Waals surface area contributed by atoms with Gasteiger partial charge in [-0.05, 0) is 31.8 Å². The molecule has 0 spiro atoms. The zero-order valence-corrected chi connectivity index (χ0v) is 13.6. The molecule has 0 saturated heterocycles. The Labute approximate surface area is 123 Å². The van der Waals surface area contributed by atoms with Crippen molar-refractivity contribution >= 4 is 11.3 Å². The Morgan fingerprint density at radius 3 is 2.58 bits per heavy atom. The van der Waals surface area contributed by atoms with Crippen molar-refractivity contribution in [2.24, 2.45) is 5.73 Å². The van der Waals surface area contributed by atoms with Gasteiger partial charge in [-0.1, -0.05) is 45.1 Å². The first kappa shape index (κ1) is 16.7. The van der Waals surface area contributed by atoms with Crippen LogP contribution in [0.15, 0.2) is 17.5 Å². The van der Waals surface area contributed by atoms with Gasteiger partial charge in [-0.2, -0.15) is 0 Å². The van der Waals surface area contributed by atoms with Gasteiger partial charge in [0.05, 0.1) is 0 Å². The van der Waals surface area contributed by atoms with E-state index in [9.17, 15) is 0 Å². The summed E-state index contributed by atoms with van der Waals surface area (Å²) in [7, 11) is 2.22. The van der Waals surface area contributed by atoms with Crippen LogP contribution in [0.5, 0.6) is 0 Å². The summed E-state index contributed by atoms with van der Waals surface area (Å²) in [4.78, 5) is 3.89. The number of unbranched alkanes of at least 4 members (excludes halogenated alkanes) is 4. The number of likely N-dealkylation sites (N-methyl/N-ethyl adjacent to an activating group) is 1. The van der Waals surface area contributed by atoms with Crippen molar-refractivity contribution < 1.29 is 0 Å². The molecule has 110 valence electrons. The quantitative estimate of drug-likeness (QED) is 0.643. The summed E-state index contributed by atoms with van der Waals surface area (Å²) >= 11 is 1.84. The highest BCUT2D eigenvalue weighted by atomic mass is 32.1. The molecule has 19 heavy (non-hydrogen) atoms. The fourth-order valence-corrected chi connectivity index (χ4v) is 3.35. The van der Waals surface area contributed by atoms with Crippen molar-refractivity contribution in [1.29, 1.82) is 0 Å². The van der Waals surface area contributed by atoms with Crippen LogP contribution in [0.4, 0.5) is 0 Å². The summed E-state index contributed by atoms with van der Waals surface area (Å²) in [6.07, 6.45) is 7.95. The fraction of sp³-hybridized carbons (Fsp3) is 0.750. The highest BCUT2D eigenvalue weighted by molar-refractivity contribution is 7.10. The average molecular weight is 282 g/mol. The van der Waals surface area contributed by atoms with E-state index in [4.69, 9.17) is 5.73 Å². The van der Waals surface area contributed by atoms with Gasteiger partial charge in [0.2, 0.25) is 0 Å². The molecule has 0 fully saturated rings. The Bertz CT molecular complexity index is 311. The number of hydrogen-bond donors (Lipinski definition) is 1. The number of thiophene rings is 1. The number of hydrogen-bond acceptors (Lipinski definition) is 3. The highest BCUT2D eigenvalue weighted by Gasteiger charge is 2.20. The second-order valence-electron chi connectivity index (χ2n) is 5.45. The minimum Gasteiger partial charge on any atom is -0.329 e. The van der Waals surface area contributed by atoms with E-state index in [-0.39, 0.29) is 0 Å². The zero-order valence-electron chi connectivity index (χ0n) is 12.8. The van der Waals surface area contributed by atoms with Crippen LogP contribution in [0.1, 0.15) is 63.3 Å². The van der Waals surface area contributed by atoms with Gasteiger partial charge in [-0.25, -0.2) is 0 Å². The Balaban J connectivity index is 2.36. The summed E-state index contributed by atoms with van der Waals surface area (Å²) in [5, 5.41) is 2.15. The van der Waals surface area contributed by atoms with E-state index in [1.54, 1.807) is 0 Å². The molecule has 0 aliphatic heterocycles. The molecule has 1 aromatic rings. The van der Waals surface area contributed by atoms with Crippen LogP contribution in [0, 0.1) is 0 Å². The smallest absolute Gasteiger partial charge is 0.0413 e. The molecule has 1 aromatic heterocycles. The highest BCUT2D eigenvalue weighted by Crippen LogP contribution is 2.26. The summed E-state index contributed by atoms with van der Waals surface area (Å²) in [5.74, 6) is 0. The molecule has 1 rings (SSSR count). The number of nitrogens with two attached hydrogens (primary N) is 1. The van der Waals surface area contributed by atoms with Gasteiger partial charge in [-0.15, -0.1) is 11.3 Å². The fourth-order valence-electron chi connectivity index (χ4n) is 2.52. The van der Waals surface area contributed by atoms with Gasteiger partial charge >= 0.3 is 0 Å². The topological polar surface area (TPSA) is 29.3 Å². The first-order chi connectivity index (χ1) is 9.20. The molecule has 2 nitrogen and oxygen atoms in total. The van der Waals surface area contributed by atoms with Crippen LogP contribution in [-0.2, 0) is 0 Å². The lowest BCUT2D eigenvalue weighted by Gasteiger charge is -2.32. The molecule has 0 radical (unpaired) electrons. The van der Waals surface area contributed by atoms with E-state index in [1.807, 2.05) is 11.3 Å². The number of nitrogens with zero attached hydrogens (tertiary/aromatic N) is 1. The van der Waals surface area contributed by atoms with Crippen molar-refractivity contribution in [2.75, 3.05) is 13.6 Å². The Morgan fingerprint density at radius 1 is 1.26 bits per heavy atom. The molecule has 0 aromatic carbocycles. The van der Waals surface area contributed by atoms with Crippen LogP contribution in [0.3, 0.4) is 0 Å². The molecule has 0 aliphatic carbocycles. The summed E-state index contributed by atoms with van der Waals surface area (Å²) in [6.45, 7) is 5.31. The van der Waals surface area contributed by atoms with Crippen LogP contribution in [0.2, 0.25) is 0 Å². The molecule has 3 heteroatoms. The Morgan fingerprint density at radius 2 is 2.00 bits per heavy atom. The molecule has 0 saturated carbocycles. The maximum atomic E-state index is 5.97. The lowest BCUT2D eigenvalue weighted by Crippen LogP contribution is -2.39. The summed E-state index contributed by atoms with van der Waals surface area (Å²) in [5.41, 5.74) is 5.97. The van der Waals surface area contributed by atoms with Crippen LogP contribution < -0.4 is 5.73 Å². The zero-order chi connectivity index (χ0) is 14.1. The van der Waals surface area contributed by atoms with E-state index in [0.717, 1.165) is 6.54 Å². The molecule has 1 heterocycles. The summed E-state index contributed by atoms with van der Waals surface area (Å²) in [6, 6.07) is 5.34. The molecular formula is C16H30N2S. The van der Waals surface area contributed by atoms with Crippen molar-refractivity contribution in [1.82, 2.24) is 4.90 Å². The maximum absolute atomic E-state index is 5.97. The average Bonchev–Trinajstić information content (AvgIpc) is 2.95. The molecule has 0 amide bonds. The lowest BCUT2D eigenvalue weighted by atomic mass is 10.0. The van der Waals surface area contributed by atoms with E-state index < -0.39 is 0 Å². The van der Waals surface area contributed by atoms with Crippen LogP contribution >= 0.6 is 11.3 Å². The largest absolute Gasteiger partial charge is 0.329 e. The van der Waals surface area contributed by atoms with Crippen molar-refractivity contribution in [2.45, 2.75) is 64.5 Å².